The first-order valence-corrected chi connectivity index (χ1v) is 10.8. The van der Waals surface area contributed by atoms with Crippen LogP contribution in [0.4, 0.5) is 4.79 Å². The van der Waals surface area contributed by atoms with Gasteiger partial charge in [-0.15, -0.1) is 0 Å². The fourth-order valence-electron chi connectivity index (χ4n) is 4.76. The number of urea groups is 1. The molecule has 0 spiro atoms. The van der Waals surface area contributed by atoms with E-state index in [9.17, 15) is 9.59 Å². The number of furan rings is 1. The number of nitrogens with zero attached hydrogens (tertiary/aromatic N) is 3. The summed E-state index contributed by atoms with van der Waals surface area (Å²) in [7, 11) is 0. The summed E-state index contributed by atoms with van der Waals surface area (Å²) in [5, 5.41) is 3.15. The van der Waals surface area contributed by atoms with Crippen LogP contribution in [0.1, 0.15) is 50.3 Å². The van der Waals surface area contributed by atoms with Crippen LogP contribution in [0.2, 0.25) is 0 Å². The van der Waals surface area contributed by atoms with Crippen molar-refractivity contribution in [3.05, 3.63) is 24.2 Å². The second kappa shape index (κ2) is 8.99. The van der Waals surface area contributed by atoms with E-state index in [2.05, 4.69) is 10.2 Å². The van der Waals surface area contributed by atoms with Gasteiger partial charge in [0.15, 0.2) is 0 Å². The van der Waals surface area contributed by atoms with E-state index in [-0.39, 0.29) is 23.9 Å². The Morgan fingerprint density at radius 3 is 2.46 bits per heavy atom. The van der Waals surface area contributed by atoms with Gasteiger partial charge in [-0.05, 0) is 63.7 Å². The van der Waals surface area contributed by atoms with E-state index >= 15 is 0 Å². The quantitative estimate of drug-likeness (QED) is 0.841. The average Bonchev–Trinajstić information content (AvgIpc) is 3.51. The van der Waals surface area contributed by atoms with Crippen molar-refractivity contribution in [3.8, 4) is 0 Å². The predicted octanol–water partition coefficient (Wildman–Crippen LogP) is 2.46. The summed E-state index contributed by atoms with van der Waals surface area (Å²) in [6.45, 7) is 5.66. The summed E-state index contributed by atoms with van der Waals surface area (Å²) in [6, 6.07) is 4.10. The van der Waals surface area contributed by atoms with Gasteiger partial charge in [0.25, 0.3) is 0 Å². The summed E-state index contributed by atoms with van der Waals surface area (Å²) in [5.41, 5.74) is 0. The molecule has 4 heterocycles. The predicted molar refractivity (Wildman–Crippen MR) is 106 cm³/mol. The lowest BCUT2D eigenvalue weighted by molar-refractivity contribution is -0.126. The van der Waals surface area contributed by atoms with E-state index in [0.717, 1.165) is 64.2 Å². The molecule has 0 aromatic carbocycles. The maximum atomic E-state index is 12.9. The molecule has 0 saturated carbocycles. The lowest BCUT2D eigenvalue weighted by Crippen LogP contribution is -2.50. The maximum absolute atomic E-state index is 12.9. The molecule has 1 aromatic heterocycles. The third-order valence-electron chi connectivity index (χ3n) is 6.36. The van der Waals surface area contributed by atoms with Crippen LogP contribution in [0.15, 0.2) is 22.8 Å². The van der Waals surface area contributed by atoms with Gasteiger partial charge in [0.1, 0.15) is 5.76 Å². The van der Waals surface area contributed by atoms with Gasteiger partial charge in [0, 0.05) is 32.7 Å². The summed E-state index contributed by atoms with van der Waals surface area (Å²) >= 11 is 0. The Bertz CT molecular complexity index is 651. The zero-order chi connectivity index (χ0) is 19.3. The summed E-state index contributed by atoms with van der Waals surface area (Å²) < 4.78 is 5.64. The number of piperidine rings is 1. The Labute approximate surface area is 167 Å². The van der Waals surface area contributed by atoms with Crippen molar-refractivity contribution in [2.45, 2.75) is 44.6 Å². The minimum absolute atomic E-state index is 0.0645. The standard InChI is InChI=1S/C21H32N4O3/c26-20(17-7-5-13-25(16-17)21(27)24-11-3-4-12-24)22-15-18(19-8-6-14-28-19)23-9-1-2-10-23/h6,8,14,17-18H,1-5,7,9-13,15-16H2,(H,22,26)/t17-,18+/m0/s1. The minimum atomic E-state index is -0.115. The van der Waals surface area contributed by atoms with Crippen LogP contribution in [0.3, 0.4) is 0 Å². The molecule has 0 bridgehead atoms. The number of hydrogen-bond acceptors (Lipinski definition) is 4. The number of nitrogens with one attached hydrogen (secondary N) is 1. The zero-order valence-corrected chi connectivity index (χ0v) is 16.6. The number of rotatable bonds is 5. The van der Waals surface area contributed by atoms with Crippen molar-refractivity contribution >= 4 is 11.9 Å². The van der Waals surface area contributed by atoms with Gasteiger partial charge < -0.3 is 19.5 Å². The molecule has 2 atom stereocenters. The highest BCUT2D eigenvalue weighted by atomic mass is 16.3. The van der Waals surface area contributed by atoms with Gasteiger partial charge in [0.2, 0.25) is 5.91 Å². The highest BCUT2D eigenvalue weighted by Crippen LogP contribution is 2.25. The largest absolute Gasteiger partial charge is 0.468 e. The SMILES string of the molecule is O=C(NC[C@H](c1ccco1)N1CCCC1)[C@H]1CCCN(C(=O)N2CCCC2)C1. The molecule has 154 valence electrons. The van der Waals surface area contributed by atoms with E-state index in [1.807, 2.05) is 21.9 Å². The van der Waals surface area contributed by atoms with Crippen molar-refractivity contribution in [1.29, 1.82) is 0 Å². The van der Waals surface area contributed by atoms with Crippen molar-refractivity contribution < 1.29 is 14.0 Å². The van der Waals surface area contributed by atoms with Crippen molar-refractivity contribution in [3.63, 3.8) is 0 Å². The van der Waals surface area contributed by atoms with Gasteiger partial charge in [-0.25, -0.2) is 4.79 Å². The molecule has 3 aliphatic rings. The number of likely N-dealkylation sites (tertiary alicyclic amines) is 3. The molecule has 1 aromatic rings. The van der Waals surface area contributed by atoms with E-state index in [1.165, 1.54) is 12.8 Å². The molecule has 3 aliphatic heterocycles. The minimum Gasteiger partial charge on any atom is -0.468 e. The topological polar surface area (TPSA) is 69.0 Å². The van der Waals surface area contributed by atoms with Crippen molar-refractivity contribution in [2.75, 3.05) is 45.8 Å². The summed E-state index contributed by atoms with van der Waals surface area (Å²) in [4.78, 5) is 31.7. The first kappa shape index (κ1) is 19.3. The fourth-order valence-corrected chi connectivity index (χ4v) is 4.76. The van der Waals surface area contributed by atoms with Gasteiger partial charge in [0.05, 0.1) is 18.2 Å². The number of carbonyl (C=O) groups excluding carboxylic acids is 2. The molecular weight excluding hydrogens is 356 g/mol. The second-order valence-corrected chi connectivity index (χ2v) is 8.28. The van der Waals surface area contributed by atoms with Crippen LogP contribution in [0.25, 0.3) is 0 Å². The molecule has 7 heteroatoms. The molecule has 0 radical (unpaired) electrons. The molecule has 3 fully saturated rings. The molecule has 7 nitrogen and oxygen atoms in total. The van der Waals surface area contributed by atoms with Crippen molar-refractivity contribution in [1.82, 2.24) is 20.0 Å². The van der Waals surface area contributed by atoms with Crippen LogP contribution in [-0.2, 0) is 4.79 Å². The lowest BCUT2D eigenvalue weighted by Gasteiger charge is -2.35. The normalized spacial score (nSPS) is 24.5. The zero-order valence-electron chi connectivity index (χ0n) is 16.6. The molecular formula is C21H32N4O3. The highest BCUT2D eigenvalue weighted by molar-refractivity contribution is 5.81. The summed E-state index contributed by atoms with van der Waals surface area (Å²) in [5.74, 6) is 0.863. The van der Waals surface area contributed by atoms with E-state index < -0.39 is 0 Å². The number of amides is 3. The Hall–Kier alpha value is -2.02. The third kappa shape index (κ3) is 4.35. The highest BCUT2D eigenvalue weighted by Gasteiger charge is 2.32. The van der Waals surface area contributed by atoms with Crippen LogP contribution in [-0.4, -0.2) is 72.5 Å². The van der Waals surface area contributed by atoms with E-state index in [4.69, 9.17) is 4.42 Å². The van der Waals surface area contributed by atoms with Gasteiger partial charge in [-0.2, -0.15) is 0 Å². The molecule has 1 N–H and O–H groups in total. The van der Waals surface area contributed by atoms with Gasteiger partial charge in [-0.1, -0.05) is 0 Å². The maximum Gasteiger partial charge on any atom is 0.320 e. The number of hydrogen-bond donors (Lipinski definition) is 1. The third-order valence-corrected chi connectivity index (χ3v) is 6.36. The van der Waals surface area contributed by atoms with Crippen LogP contribution >= 0.6 is 0 Å². The monoisotopic (exact) mass is 388 g/mol. The molecule has 0 aliphatic carbocycles. The first-order valence-electron chi connectivity index (χ1n) is 10.8. The summed E-state index contributed by atoms with van der Waals surface area (Å²) in [6.07, 6.45) is 8.02. The molecule has 0 unspecified atom stereocenters. The number of carbonyl (C=O) groups is 2. The Morgan fingerprint density at radius 1 is 1.04 bits per heavy atom. The van der Waals surface area contributed by atoms with Crippen molar-refractivity contribution in [2.24, 2.45) is 5.92 Å². The van der Waals surface area contributed by atoms with Crippen LogP contribution in [0, 0.1) is 5.92 Å². The Morgan fingerprint density at radius 2 is 1.75 bits per heavy atom. The lowest BCUT2D eigenvalue weighted by atomic mass is 9.97. The van der Waals surface area contributed by atoms with Crippen LogP contribution < -0.4 is 5.32 Å². The van der Waals surface area contributed by atoms with E-state index in [0.29, 0.717) is 13.1 Å². The molecule has 3 saturated heterocycles. The Balaban J connectivity index is 1.32. The fraction of sp³-hybridized carbons (Fsp3) is 0.714. The van der Waals surface area contributed by atoms with E-state index in [1.54, 1.807) is 6.26 Å². The first-order chi connectivity index (χ1) is 13.7. The van der Waals surface area contributed by atoms with Crippen LogP contribution in [0.5, 0.6) is 0 Å². The van der Waals surface area contributed by atoms with Gasteiger partial charge in [-0.3, -0.25) is 9.69 Å². The molecule has 28 heavy (non-hydrogen) atoms. The average molecular weight is 389 g/mol. The second-order valence-electron chi connectivity index (χ2n) is 8.28. The smallest absolute Gasteiger partial charge is 0.320 e. The van der Waals surface area contributed by atoms with Gasteiger partial charge >= 0.3 is 6.03 Å². The molecule has 4 rings (SSSR count). The molecule has 3 amide bonds. The Kier molecular flexibility index (Phi) is 6.20.